The second-order valence-corrected chi connectivity index (χ2v) is 6.11. The van der Waals surface area contributed by atoms with Crippen LogP contribution < -0.4 is 10.3 Å². The molecule has 7 heteroatoms. The molecule has 0 saturated carbocycles. The van der Waals surface area contributed by atoms with E-state index in [2.05, 4.69) is 4.98 Å². The Morgan fingerprint density at radius 2 is 2.00 bits per heavy atom. The summed E-state index contributed by atoms with van der Waals surface area (Å²) < 4.78 is 20.4. The molecule has 3 rings (SSSR count). The number of alkyl halides is 1. The van der Waals surface area contributed by atoms with Crippen molar-refractivity contribution in [1.82, 2.24) is 9.88 Å². The van der Waals surface area contributed by atoms with Crippen molar-refractivity contribution in [1.29, 1.82) is 0 Å². The average molecular weight is 346 g/mol. The highest BCUT2D eigenvalue weighted by molar-refractivity contribution is 5.92. The Morgan fingerprint density at radius 1 is 1.28 bits per heavy atom. The number of halogens is 1. The Bertz CT molecular complexity index is 841. The van der Waals surface area contributed by atoms with Crippen LogP contribution in [0.2, 0.25) is 0 Å². The first-order valence-electron chi connectivity index (χ1n) is 7.97. The SMILES string of the molecule is COc1cccc(C2(F)CCN(C(=O)c3cc(O)cc(=O)[nH]3)CC2)c1. The molecule has 0 bridgehead atoms. The molecule has 1 saturated heterocycles. The molecule has 1 aliphatic rings. The Hall–Kier alpha value is -2.83. The van der Waals surface area contributed by atoms with Crippen LogP contribution in [0, 0.1) is 0 Å². The van der Waals surface area contributed by atoms with E-state index >= 15 is 4.39 Å². The number of piperidine rings is 1. The summed E-state index contributed by atoms with van der Waals surface area (Å²) in [5.41, 5.74) is -1.56. The number of benzene rings is 1. The van der Waals surface area contributed by atoms with Crippen molar-refractivity contribution in [2.24, 2.45) is 0 Å². The number of amides is 1. The van der Waals surface area contributed by atoms with Crippen LogP contribution >= 0.6 is 0 Å². The summed E-state index contributed by atoms with van der Waals surface area (Å²) in [5.74, 6) is -0.119. The van der Waals surface area contributed by atoms with Crippen LogP contribution in [0.4, 0.5) is 4.39 Å². The fraction of sp³-hybridized carbons (Fsp3) is 0.333. The van der Waals surface area contributed by atoms with E-state index in [-0.39, 0.29) is 37.4 Å². The van der Waals surface area contributed by atoms with E-state index in [0.717, 1.165) is 6.07 Å². The summed E-state index contributed by atoms with van der Waals surface area (Å²) in [7, 11) is 1.53. The number of aromatic hydroxyl groups is 1. The van der Waals surface area contributed by atoms with Crippen LogP contribution in [0.5, 0.6) is 11.5 Å². The van der Waals surface area contributed by atoms with Crippen molar-refractivity contribution >= 4 is 5.91 Å². The Kier molecular flexibility index (Phi) is 4.48. The number of rotatable bonds is 3. The lowest BCUT2D eigenvalue weighted by atomic mass is 9.86. The number of H-pyrrole nitrogens is 1. The number of nitrogens with one attached hydrogen (secondary N) is 1. The van der Waals surface area contributed by atoms with Crippen LogP contribution in [-0.4, -0.2) is 41.1 Å². The third kappa shape index (κ3) is 3.50. The minimum Gasteiger partial charge on any atom is -0.508 e. The third-order valence-corrected chi connectivity index (χ3v) is 4.49. The van der Waals surface area contributed by atoms with Gasteiger partial charge in [-0.3, -0.25) is 9.59 Å². The number of hydrogen-bond donors (Lipinski definition) is 2. The summed E-state index contributed by atoms with van der Waals surface area (Å²) in [5, 5.41) is 9.46. The molecule has 1 fully saturated rings. The molecule has 0 spiro atoms. The highest BCUT2D eigenvalue weighted by Crippen LogP contribution is 2.38. The zero-order valence-corrected chi connectivity index (χ0v) is 13.8. The number of carbonyl (C=O) groups is 1. The molecule has 0 atom stereocenters. The Morgan fingerprint density at radius 3 is 2.64 bits per heavy atom. The van der Waals surface area contributed by atoms with Gasteiger partial charge < -0.3 is 19.7 Å². The quantitative estimate of drug-likeness (QED) is 0.892. The minimum absolute atomic E-state index is 0.00209. The Balaban J connectivity index is 1.74. The van der Waals surface area contributed by atoms with Crippen LogP contribution in [0.25, 0.3) is 0 Å². The van der Waals surface area contributed by atoms with E-state index in [1.165, 1.54) is 18.1 Å². The summed E-state index contributed by atoms with van der Waals surface area (Å²) in [4.78, 5) is 27.7. The zero-order valence-electron chi connectivity index (χ0n) is 13.8. The van der Waals surface area contributed by atoms with Crippen molar-refractivity contribution in [2.75, 3.05) is 20.2 Å². The molecule has 1 aliphatic heterocycles. The first kappa shape index (κ1) is 17.0. The first-order valence-corrected chi connectivity index (χ1v) is 7.97. The van der Waals surface area contributed by atoms with Crippen molar-refractivity contribution in [3.05, 3.63) is 58.0 Å². The number of methoxy groups -OCH3 is 1. The van der Waals surface area contributed by atoms with Crippen LogP contribution in [0.1, 0.15) is 28.9 Å². The van der Waals surface area contributed by atoms with Crippen molar-refractivity contribution in [3.8, 4) is 11.5 Å². The highest BCUT2D eigenvalue weighted by atomic mass is 19.1. The number of aromatic amines is 1. The maximum atomic E-state index is 15.3. The Labute approximate surface area is 143 Å². The van der Waals surface area contributed by atoms with Gasteiger partial charge in [0.05, 0.1) is 7.11 Å². The second-order valence-electron chi connectivity index (χ2n) is 6.11. The lowest BCUT2D eigenvalue weighted by molar-refractivity contribution is 0.0415. The fourth-order valence-electron chi connectivity index (χ4n) is 3.07. The van der Waals surface area contributed by atoms with Crippen LogP contribution in [0.15, 0.2) is 41.2 Å². The molecule has 2 N–H and O–H groups in total. The fourth-order valence-corrected chi connectivity index (χ4v) is 3.07. The van der Waals surface area contributed by atoms with Crippen molar-refractivity contribution in [3.63, 3.8) is 0 Å². The van der Waals surface area contributed by atoms with Gasteiger partial charge in [0, 0.05) is 38.1 Å². The van der Waals surface area contributed by atoms with Gasteiger partial charge >= 0.3 is 0 Å². The van der Waals surface area contributed by atoms with Gasteiger partial charge in [-0.1, -0.05) is 12.1 Å². The first-order chi connectivity index (χ1) is 11.9. The molecule has 132 valence electrons. The summed E-state index contributed by atoms with van der Waals surface area (Å²) in [6.07, 6.45) is 0.296. The molecule has 2 aromatic rings. The predicted molar refractivity (Wildman–Crippen MR) is 89.6 cm³/mol. The lowest BCUT2D eigenvalue weighted by Gasteiger charge is -2.36. The van der Waals surface area contributed by atoms with Gasteiger partial charge in [0.15, 0.2) is 0 Å². The highest BCUT2D eigenvalue weighted by Gasteiger charge is 2.38. The van der Waals surface area contributed by atoms with E-state index in [4.69, 9.17) is 4.74 Å². The zero-order chi connectivity index (χ0) is 18.0. The molecule has 0 radical (unpaired) electrons. The minimum atomic E-state index is -1.53. The average Bonchev–Trinajstić information content (AvgIpc) is 2.61. The van der Waals surface area contributed by atoms with Gasteiger partial charge in [-0.05, 0) is 17.7 Å². The van der Waals surface area contributed by atoms with Gasteiger partial charge in [0.2, 0.25) is 0 Å². The van der Waals surface area contributed by atoms with Gasteiger partial charge in [-0.25, -0.2) is 4.39 Å². The number of ether oxygens (including phenoxy) is 1. The topological polar surface area (TPSA) is 82.6 Å². The smallest absolute Gasteiger partial charge is 0.270 e. The van der Waals surface area contributed by atoms with Crippen molar-refractivity contribution < 1.29 is 19.0 Å². The molecule has 1 amide bonds. The molecule has 1 aromatic heterocycles. The summed E-state index contributed by atoms with van der Waals surface area (Å²) in [6.45, 7) is 0.425. The van der Waals surface area contributed by atoms with E-state index in [0.29, 0.717) is 11.3 Å². The molecule has 0 unspecified atom stereocenters. The maximum Gasteiger partial charge on any atom is 0.270 e. The van der Waals surface area contributed by atoms with Crippen LogP contribution in [-0.2, 0) is 5.67 Å². The molecule has 1 aromatic carbocycles. The van der Waals surface area contributed by atoms with Gasteiger partial charge in [0.1, 0.15) is 22.9 Å². The lowest BCUT2D eigenvalue weighted by Crippen LogP contribution is -2.43. The van der Waals surface area contributed by atoms with E-state index in [1.54, 1.807) is 24.3 Å². The summed E-state index contributed by atoms with van der Waals surface area (Å²) >= 11 is 0. The monoisotopic (exact) mass is 346 g/mol. The van der Waals surface area contributed by atoms with Crippen LogP contribution in [0.3, 0.4) is 0 Å². The molecular formula is C18H19FN2O4. The molecule has 6 nitrogen and oxygen atoms in total. The third-order valence-electron chi connectivity index (χ3n) is 4.49. The number of aromatic nitrogens is 1. The molecule has 2 heterocycles. The van der Waals surface area contributed by atoms with Crippen molar-refractivity contribution in [2.45, 2.75) is 18.5 Å². The molecule has 0 aliphatic carbocycles. The largest absolute Gasteiger partial charge is 0.508 e. The number of hydrogen-bond acceptors (Lipinski definition) is 4. The van der Waals surface area contributed by atoms with Gasteiger partial charge in [0.25, 0.3) is 11.5 Å². The molecule has 25 heavy (non-hydrogen) atoms. The predicted octanol–water partition coefficient (Wildman–Crippen LogP) is 2.19. The standard InChI is InChI=1S/C18H19FN2O4/c1-25-14-4-2-3-12(9-14)18(19)5-7-21(8-6-18)17(24)15-10-13(22)11-16(23)20-15/h2-4,9-11H,5-8H2,1H3,(H2,20,22,23). The number of carbonyl (C=O) groups excluding carboxylic acids is 1. The van der Waals surface area contributed by atoms with E-state index in [9.17, 15) is 14.7 Å². The van der Waals surface area contributed by atoms with E-state index in [1.807, 2.05) is 0 Å². The van der Waals surface area contributed by atoms with E-state index < -0.39 is 17.1 Å². The normalized spacial score (nSPS) is 16.5. The molecular weight excluding hydrogens is 327 g/mol. The number of nitrogens with zero attached hydrogens (tertiary/aromatic N) is 1. The number of likely N-dealkylation sites (tertiary alicyclic amines) is 1. The maximum absolute atomic E-state index is 15.3. The van der Waals surface area contributed by atoms with Gasteiger partial charge in [-0.15, -0.1) is 0 Å². The van der Waals surface area contributed by atoms with Gasteiger partial charge in [-0.2, -0.15) is 0 Å². The summed E-state index contributed by atoms with van der Waals surface area (Å²) in [6, 6.07) is 9.07. The number of pyridine rings is 1. The second kappa shape index (κ2) is 6.58.